The SMILES string of the molecule is C=C[C@H]1[C@H](O[C@@H]2O[C@H](CO)[C@@H](O)[C@H](O)[C@H]2O)OC=C2C(=O)N3CC[C@@]4(C(=O)Nc5ccccc54)[C@H]3C[C@H]21. The lowest BCUT2D eigenvalue weighted by Gasteiger charge is -2.47. The minimum atomic E-state index is -1.60. The van der Waals surface area contributed by atoms with Gasteiger partial charge in [-0.15, -0.1) is 6.58 Å². The Kier molecular flexibility index (Phi) is 5.90. The zero-order valence-electron chi connectivity index (χ0n) is 20.0. The summed E-state index contributed by atoms with van der Waals surface area (Å²) in [6, 6.07) is 7.19. The van der Waals surface area contributed by atoms with Crippen LogP contribution in [0.25, 0.3) is 0 Å². The van der Waals surface area contributed by atoms with Crippen molar-refractivity contribution < 1.29 is 44.2 Å². The first kappa shape index (κ1) is 24.5. The van der Waals surface area contributed by atoms with E-state index in [-0.39, 0.29) is 23.8 Å². The van der Waals surface area contributed by atoms with Crippen molar-refractivity contribution in [2.24, 2.45) is 11.8 Å². The average molecular weight is 515 g/mol. The highest BCUT2D eigenvalue weighted by Crippen LogP contribution is 2.54. The van der Waals surface area contributed by atoms with Crippen molar-refractivity contribution in [3.05, 3.63) is 54.3 Å². The van der Waals surface area contributed by atoms with E-state index in [1.165, 1.54) is 6.26 Å². The van der Waals surface area contributed by atoms with Crippen LogP contribution in [-0.2, 0) is 29.2 Å². The number of piperidine rings is 1. The van der Waals surface area contributed by atoms with E-state index in [4.69, 9.17) is 14.2 Å². The molecule has 6 rings (SSSR count). The Morgan fingerprint density at radius 1 is 1.16 bits per heavy atom. The summed E-state index contributed by atoms with van der Waals surface area (Å²) in [6.45, 7) is 3.77. The highest BCUT2D eigenvalue weighted by Gasteiger charge is 2.62. The van der Waals surface area contributed by atoms with Crippen LogP contribution in [-0.4, -0.2) is 93.3 Å². The predicted octanol–water partition coefficient (Wildman–Crippen LogP) is -0.644. The number of aliphatic hydroxyl groups is 4. The number of amides is 2. The first-order valence-electron chi connectivity index (χ1n) is 12.5. The number of carbonyl (C=O) groups is 2. The third-order valence-corrected chi connectivity index (χ3v) is 8.63. The first-order valence-corrected chi connectivity index (χ1v) is 12.5. The minimum Gasteiger partial charge on any atom is -0.471 e. The molecule has 5 aliphatic rings. The van der Waals surface area contributed by atoms with Crippen molar-refractivity contribution in [2.45, 2.75) is 61.3 Å². The Bertz CT molecular complexity index is 1150. The second kappa shape index (κ2) is 8.90. The molecule has 5 aliphatic heterocycles. The van der Waals surface area contributed by atoms with Gasteiger partial charge in [0.15, 0.2) is 6.29 Å². The molecule has 0 unspecified atom stereocenters. The Labute approximate surface area is 212 Å². The van der Waals surface area contributed by atoms with Gasteiger partial charge in [-0.2, -0.15) is 0 Å². The van der Waals surface area contributed by atoms with Crippen LogP contribution < -0.4 is 5.32 Å². The number of anilines is 1. The lowest BCUT2D eigenvalue weighted by Crippen LogP contribution is -2.60. The maximum Gasteiger partial charge on any atom is 0.253 e. The van der Waals surface area contributed by atoms with Gasteiger partial charge in [0.2, 0.25) is 12.2 Å². The fourth-order valence-electron chi connectivity index (χ4n) is 6.70. The zero-order valence-corrected chi connectivity index (χ0v) is 20.0. The highest BCUT2D eigenvalue weighted by atomic mass is 16.8. The number of nitrogens with one attached hydrogen (secondary N) is 1. The number of aliphatic hydroxyl groups excluding tert-OH is 4. The number of carbonyl (C=O) groups excluding carboxylic acids is 2. The van der Waals surface area contributed by atoms with Crippen molar-refractivity contribution in [1.82, 2.24) is 4.90 Å². The van der Waals surface area contributed by atoms with Gasteiger partial charge in [-0.25, -0.2) is 0 Å². The predicted molar refractivity (Wildman–Crippen MR) is 126 cm³/mol. The number of hydrogen-bond donors (Lipinski definition) is 5. The third-order valence-electron chi connectivity index (χ3n) is 8.63. The van der Waals surface area contributed by atoms with Gasteiger partial charge >= 0.3 is 0 Å². The highest BCUT2D eigenvalue weighted by molar-refractivity contribution is 6.08. The van der Waals surface area contributed by atoms with Gasteiger partial charge in [0.05, 0.1) is 29.9 Å². The summed E-state index contributed by atoms with van der Waals surface area (Å²) in [5.74, 6) is -1.24. The fraction of sp³-hybridized carbons (Fsp3) is 0.538. The van der Waals surface area contributed by atoms with Crippen LogP contribution in [0, 0.1) is 11.8 Å². The molecule has 0 bridgehead atoms. The van der Waals surface area contributed by atoms with E-state index in [2.05, 4.69) is 11.9 Å². The molecule has 1 aromatic carbocycles. The molecule has 0 saturated carbocycles. The molecule has 0 aliphatic carbocycles. The summed E-state index contributed by atoms with van der Waals surface area (Å²) in [7, 11) is 0. The molecule has 10 atom stereocenters. The first-order chi connectivity index (χ1) is 17.8. The molecular weight excluding hydrogens is 484 g/mol. The zero-order chi connectivity index (χ0) is 26.1. The quantitative estimate of drug-likeness (QED) is 0.330. The molecular formula is C26H30N2O9. The van der Waals surface area contributed by atoms with Crippen molar-refractivity contribution in [2.75, 3.05) is 18.5 Å². The van der Waals surface area contributed by atoms with Gasteiger partial charge in [0.25, 0.3) is 5.91 Å². The Morgan fingerprint density at radius 2 is 1.95 bits per heavy atom. The van der Waals surface area contributed by atoms with Crippen molar-refractivity contribution in [3.63, 3.8) is 0 Å². The van der Waals surface area contributed by atoms with E-state index < -0.39 is 54.9 Å². The summed E-state index contributed by atoms with van der Waals surface area (Å²) in [5, 5.41) is 43.1. The van der Waals surface area contributed by atoms with Gasteiger partial charge in [-0.05, 0) is 24.5 Å². The number of fused-ring (bicyclic) bond motifs is 5. The van der Waals surface area contributed by atoms with Crippen LogP contribution in [0.3, 0.4) is 0 Å². The van der Waals surface area contributed by atoms with Crippen LogP contribution in [0.1, 0.15) is 18.4 Å². The lowest BCUT2D eigenvalue weighted by molar-refractivity contribution is -0.339. The normalized spacial score (nSPS) is 42.4. The van der Waals surface area contributed by atoms with Crippen LogP contribution in [0.2, 0.25) is 0 Å². The van der Waals surface area contributed by atoms with Crippen molar-refractivity contribution in [3.8, 4) is 0 Å². The number of nitrogens with zero attached hydrogens (tertiary/aromatic N) is 1. The summed E-state index contributed by atoms with van der Waals surface area (Å²) >= 11 is 0. The van der Waals surface area contributed by atoms with Gasteiger partial charge in [-0.3, -0.25) is 9.59 Å². The van der Waals surface area contributed by atoms with E-state index in [0.717, 1.165) is 11.3 Å². The second-order valence-corrected chi connectivity index (χ2v) is 10.3. The molecule has 198 valence electrons. The van der Waals surface area contributed by atoms with Crippen LogP contribution >= 0.6 is 0 Å². The number of rotatable bonds is 4. The average Bonchev–Trinajstić information content (AvgIpc) is 3.43. The lowest BCUT2D eigenvalue weighted by atomic mass is 9.67. The van der Waals surface area contributed by atoms with Crippen LogP contribution in [0.4, 0.5) is 5.69 Å². The van der Waals surface area contributed by atoms with E-state index >= 15 is 0 Å². The molecule has 0 aromatic heterocycles. The summed E-state index contributed by atoms with van der Waals surface area (Å²) in [5.41, 5.74) is 1.26. The Balaban J connectivity index is 1.29. The molecule has 3 fully saturated rings. The number of ether oxygens (including phenoxy) is 3. The molecule has 1 spiro atoms. The molecule has 5 N–H and O–H groups in total. The summed E-state index contributed by atoms with van der Waals surface area (Å²) in [4.78, 5) is 28.7. The minimum absolute atomic E-state index is 0.113. The molecule has 11 heteroatoms. The molecule has 2 amide bonds. The fourth-order valence-corrected chi connectivity index (χ4v) is 6.70. The largest absolute Gasteiger partial charge is 0.471 e. The third kappa shape index (κ3) is 3.42. The van der Waals surface area contributed by atoms with E-state index in [1.807, 2.05) is 24.3 Å². The maximum absolute atomic E-state index is 13.6. The molecule has 11 nitrogen and oxygen atoms in total. The summed E-state index contributed by atoms with van der Waals surface area (Å²) < 4.78 is 17.1. The maximum atomic E-state index is 13.6. The van der Waals surface area contributed by atoms with E-state index in [9.17, 15) is 30.0 Å². The van der Waals surface area contributed by atoms with Gasteiger partial charge in [0, 0.05) is 24.1 Å². The topological polar surface area (TPSA) is 158 Å². The van der Waals surface area contributed by atoms with Gasteiger partial charge in [0.1, 0.15) is 24.4 Å². The van der Waals surface area contributed by atoms with Crippen molar-refractivity contribution in [1.29, 1.82) is 0 Å². The van der Waals surface area contributed by atoms with Crippen LogP contribution in [0.5, 0.6) is 0 Å². The monoisotopic (exact) mass is 514 g/mol. The van der Waals surface area contributed by atoms with Crippen molar-refractivity contribution >= 4 is 17.5 Å². The van der Waals surface area contributed by atoms with E-state index in [0.29, 0.717) is 25.0 Å². The van der Waals surface area contributed by atoms with Gasteiger partial charge < -0.3 is 44.9 Å². The molecule has 1 aromatic rings. The Morgan fingerprint density at radius 3 is 2.70 bits per heavy atom. The number of hydrogen-bond acceptors (Lipinski definition) is 9. The van der Waals surface area contributed by atoms with Crippen LogP contribution in [0.15, 0.2) is 48.8 Å². The molecule has 37 heavy (non-hydrogen) atoms. The molecule has 5 heterocycles. The van der Waals surface area contributed by atoms with E-state index in [1.54, 1.807) is 11.0 Å². The molecule has 3 saturated heterocycles. The Hall–Kier alpha value is -2.80. The number of para-hydroxylation sites is 1. The standard InChI is InChI=1S/C26H30N2O9/c1-2-12-13-9-18-26(15-5-3-4-6-16(15)27-25(26)34)7-8-28(18)22(33)14(13)11-35-23(12)37-24-21(32)20(31)19(30)17(10-29)36-24/h2-6,11-13,17-21,23-24,29-32H,1,7-10H2,(H,27,34)/t12-,13+,17-,18-,19-,20+,21-,23+,24+,26+/m1/s1. The van der Waals surface area contributed by atoms with Gasteiger partial charge in [-0.1, -0.05) is 24.3 Å². The smallest absolute Gasteiger partial charge is 0.253 e. The summed E-state index contributed by atoms with van der Waals surface area (Å²) in [6.07, 6.45) is -4.35. The second-order valence-electron chi connectivity index (χ2n) is 10.3. The number of benzene rings is 1. The molecule has 0 radical (unpaired) electrons.